The van der Waals surface area contributed by atoms with Crippen LogP contribution in [0.4, 0.5) is 5.69 Å². The second-order valence-electron chi connectivity index (χ2n) is 7.30. The summed E-state index contributed by atoms with van der Waals surface area (Å²) in [6.45, 7) is 0.888. The summed E-state index contributed by atoms with van der Waals surface area (Å²) in [5, 5.41) is 0. The summed E-state index contributed by atoms with van der Waals surface area (Å²) < 4.78 is 0. The summed E-state index contributed by atoms with van der Waals surface area (Å²) in [5.41, 5.74) is 8.41. The van der Waals surface area contributed by atoms with Gasteiger partial charge in [0.1, 0.15) is 0 Å². The minimum Gasteiger partial charge on any atom is -0.361 e. The smallest absolute Gasteiger partial charge is 0.0912 e. The van der Waals surface area contributed by atoms with E-state index >= 15 is 0 Å². The van der Waals surface area contributed by atoms with Crippen LogP contribution in [0, 0.1) is 0 Å². The number of fused-ring (bicyclic) bond motifs is 1. The molecule has 26 heavy (non-hydrogen) atoms. The van der Waals surface area contributed by atoms with Gasteiger partial charge in [0.15, 0.2) is 0 Å². The molecule has 2 heterocycles. The van der Waals surface area contributed by atoms with Crippen molar-refractivity contribution in [3.8, 4) is 22.4 Å². The molecule has 0 unspecified atom stereocenters. The summed E-state index contributed by atoms with van der Waals surface area (Å²) in [6.07, 6.45) is 6.41. The molecular weight excluding hydrogens is 318 g/mol. The molecular formula is C23H21N3. The van der Waals surface area contributed by atoms with Gasteiger partial charge in [-0.25, -0.2) is 4.99 Å². The van der Waals surface area contributed by atoms with Crippen molar-refractivity contribution in [3.63, 3.8) is 0 Å². The fraction of sp³-hybridized carbons (Fsp3) is 0.217. The van der Waals surface area contributed by atoms with Gasteiger partial charge in [0.25, 0.3) is 0 Å². The van der Waals surface area contributed by atoms with Crippen LogP contribution in [0.5, 0.6) is 0 Å². The van der Waals surface area contributed by atoms with E-state index in [0.717, 1.165) is 23.8 Å². The largest absolute Gasteiger partial charge is 0.361 e. The van der Waals surface area contributed by atoms with Gasteiger partial charge < -0.3 is 4.90 Å². The molecule has 5 rings (SSSR count). The lowest BCUT2D eigenvalue weighted by Gasteiger charge is -2.20. The summed E-state index contributed by atoms with van der Waals surface area (Å²) in [7, 11) is 2.05. The minimum atomic E-state index is 0.749. The Bertz CT molecular complexity index is 1000. The van der Waals surface area contributed by atoms with Gasteiger partial charge in [0.05, 0.1) is 17.7 Å². The van der Waals surface area contributed by atoms with Gasteiger partial charge in [0.2, 0.25) is 0 Å². The standard InChI is InChI=1S/C23H21N3/c1-26-14-20-13-18(9-10-22(20)25-15-26)21-6-3-11-24-23(21)19-5-2-4-17(12-19)16-7-8-16/h2-6,9-13,15-16H,7-8,14H2,1H3. The van der Waals surface area contributed by atoms with Crippen LogP contribution in [-0.2, 0) is 6.54 Å². The van der Waals surface area contributed by atoms with Gasteiger partial charge >= 0.3 is 0 Å². The van der Waals surface area contributed by atoms with Crippen LogP contribution in [0.25, 0.3) is 22.4 Å². The van der Waals surface area contributed by atoms with Gasteiger partial charge in [0, 0.05) is 30.9 Å². The molecule has 0 bridgehead atoms. The molecule has 1 saturated carbocycles. The Morgan fingerprint density at radius 2 is 1.88 bits per heavy atom. The van der Waals surface area contributed by atoms with E-state index in [4.69, 9.17) is 4.98 Å². The van der Waals surface area contributed by atoms with Crippen LogP contribution in [0.1, 0.15) is 29.9 Å². The lowest BCUT2D eigenvalue weighted by atomic mass is 9.95. The van der Waals surface area contributed by atoms with E-state index in [1.807, 2.05) is 18.6 Å². The van der Waals surface area contributed by atoms with E-state index in [0.29, 0.717) is 0 Å². The number of hydrogen-bond acceptors (Lipinski definition) is 3. The molecule has 1 fully saturated rings. The van der Waals surface area contributed by atoms with E-state index in [1.54, 1.807) is 0 Å². The number of pyridine rings is 1. The third-order valence-corrected chi connectivity index (χ3v) is 5.22. The number of rotatable bonds is 3. The Balaban J connectivity index is 1.60. The SMILES string of the molecule is CN1C=Nc2ccc(-c3cccnc3-c3cccc(C4CC4)c3)cc2C1. The zero-order chi connectivity index (χ0) is 17.5. The van der Waals surface area contributed by atoms with E-state index in [9.17, 15) is 0 Å². The fourth-order valence-corrected chi connectivity index (χ4v) is 3.70. The van der Waals surface area contributed by atoms with Crippen LogP contribution in [0.3, 0.4) is 0 Å². The maximum Gasteiger partial charge on any atom is 0.0912 e. The number of aliphatic imine (C=N–C) groups is 1. The predicted octanol–water partition coefficient (Wildman–Crippen LogP) is 5.40. The lowest BCUT2D eigenvalue weighted by Crippen LogP contribution is -2.18. The molecule has 0 radical (unpaired) electrons. The number of nitrogens with zero attached hydrogens (tertiary/aromatic N) is 3. The normalized spacial score (nSPS) is 15.8. The van der Waals surface area contributed by atoms with Gasteiger partial charge in [-0.2, -0.15) is 0 Å². The first kappa shape index (κ1) is 15.3. The van der Waals surface area contributed by atoms with Gasteiger partial charge in [-0.1, -0.05) is 30.3 Å². The third-order valence-electron chi connectivity index (χ3n) is 5.22. The van der Waals surface area contributed by atoms with Crippen LogP contribution in [0.2, 0.25) is 0 Å². The number of hydrogen-bond donors (Lipinski definition) is 0. The number of aromatic nitrogens is 1. The molecule has 2 aliphatic rings. The summed E-state index contributed by atoms with van der Waals surface area (Å²) >= 11 is 0. The highest BCUT2D eigenvalue weighted by atomic mass is 15.1. The van der Waals surface area contributed by atoms with Crippen LogP contribution < -0.4 is 0 Å². The van der Waals surface area contributed by atoms with Crippen molar-refractivity contribution in [3.05, 3.63) is 71.9 Å². The maximum absolute atomic E-state index is 4.73. The zero-order valence-corrected chi connectivity index (χ0v) is 14.9. The molecule has 0 amide bonds. The fourth-order valence-electron chi connectivity index (χ4n) is 3.70. The van der Waals surface area contributed by atoms with Gasteiger partial charge in [-0.05, 0) is 59.7 Å². The first-order chi connectivity index (χ1) is 12.8. The second kappa shape index (κ2) is 6.10. The molecule has 1 aliphatic carbocycles. The molecule has 1 aromatic heterocycles. The van der Waals surface area contributed by atoms with Crippen LogP contribution in [-0.4, -0.2) is 23.3 Å². The van der Waals surface area contributed by atoms with E-state index in [2.05, 4.69) is 65.5 Å². The highest BCUT2D eigenvalue weighted by Crippen LogP contribution is 2.42. The molecule has 0 atom stereocenters. The highest BCUT2D eigenvalue weighted by Gasteiger charge is 2.24. The minimum absolute atomic E-state index is 0.749. The Kier molecular flexibility index (Phi) is 3.59. The molecule has 2 aromatic carbocycles. The zero-order valence-electron chi connectivity index (χ0n) is 14.9. The predicted molar refractivity (Wildman–Crippen MR) is 107 cm³/mol. The van der Waals surface area contributed by atoms with Crippen LogP contribution in [0.15, 0.2) is 65.8 Å². The van der Waals surface area contributed by atoms with Crippen molar-refractivity contribution in [1.82, 2.24) is 9.88 Å². The highest BCUT2D eigenvalue weighted by molar-refractivity contribution is 5.82. The van der Waals surface area contributed by atoms with Crippen LogP contribution >= 0.6 is 0 Å². The average Bonchev–Trinajstić information content (AvgIpc) is 3.53. The Morgan fingerprint density at radius 1 is 0.962 bits per heavy atom. The topological polar surface area (TPSA) is 28.5 Å². The summed E-state index contributed by atoms with van der Waals surface area (Å²) in [5.74, 6) is 0.749. The summed E-state index contributed by atoms with van der Waals surface area (Å²) in [4.78, 5) is 11.4. The first-order valence-electron chi connectivity index (χ1n) is 9.21. The average molecular weight is 339 g/mol. The molecule has 1 aliphatic heterocycles. The van der Waals surface area contributed by atoms with Crippen molar-refractivity contribution in [2.45, 2.75) is 25.3 Å². The number of benzene rings is 2. The molecule has 3 aromatic rings. The summed E-state index contributed by atoms with van der Waals surface area (Å²) in [6, 6.07) is 19.6. The molecule has 3 nitrogen and oxygen atoms in total. The van der Waals surface area contributed by atoms with Crippen molar-refractivity contribution < 1.29 is 0 Å². The van der Waals surface area contributed by atoms with E-state index in [-0.39, 0.29) is 0 Å². The monoisotopic (exact) mass is 339 g/mol. The molecule has 0 spiro atoms. The Morgan fingerprint density at radius 3 is 2.77 bits per heavy atom. The van der Waals surface area contributed by atoms with Crippen molar-refractivity contribution in [2.24, 2.45) is 4.99 Å². The molecule has 3 heteroatoms. The van der Waals surface area contributed by atoms with Gasteiger partial charge in [-0.3, -0.25) is 4.98 Å². The van der Waals surface area contributed by atoms with Crippen molar-refractivity contribution in [2.75, 3.05) is 7.05 Å². The Labute approximate surface area is 154 Å². The molecule has 0 saturated heterocycles. The van der Waals surface area contributed by atoms with E-state index < -0.39 is 0 Å². The Hall–Kier alpha value is -2.94. The van der Waals surface area contributed by atoms with Crippen molar-refractivity contribution in [1.29, 1.82) is 0 Å². The molecule has 0 N–H and O–H groups in total. The molecule has 128 valence electrons. The van der Waals surface area contributed by atoms with Gasteiger partial charge in [-0.15, -0.1) is 0 Å². The lowest BCUT2D eigenvalue weighted by molar-refractivity contribution is 0.509. The quantitative estimate of drug-likeness (QED) is 0.639. The van der Waals surface area contributed by atoms with Crippen molar-refractivity contribution >= 4 is 12.0 Å². The second-order valence-corrected chi connectivity index (χ2v) is 7.30. The first-order valence-corrected chi connectivity index (χ1v) is 9.21. The third kappa shape index (κ3) is 2.80. The maximum atomic E-state index is 4.73. The van der Waals surface area contributed by atoms with E-state index in [1.165, 1.54) is 40.7 Å².